The van der Waals surface area contributed by atoms with Gasteiger partial charge in [-0.2, -0.15) is 5.10 Å². The molecule has 0 bridgehead atoms. The van der Waals surface area contributed by atoms with E-state index in [-0.39, 0.29) is 0 Å². The molecule has 6 nitrogen and oxygen atoms in total. The second kappa shape index (κ2) is 8.58. The topological polar surface area (TPSA) is 84.0 Å². The lowest BCUT2D eigenvalue weighted by atomic mass is 9.88. The first kappa shape index (κ1) is 16.5. The molecule has 4 N–H and O–H groups in total. The summed E-state index contributed by atoms with van der Waals surface area (Å²) >= 11 is 0. The van der Waals surface area contributed by atoms with Crippen LogP contribution in [0.4, 0.5) is 0 Å². The molecule has 3 unspecified atom stereocenters. The zero-order chi connectivity index (χ0) is 15.8. The summed E-state index contributed by atoms with van der Waals surface area (Å²) in [6.45, 7) is 3.82. The van der Waals surface area contributed by atoms with Crippen molar-refractivity contribution in [1.29, 1.82) is 0 Å². The van der Waals surface area contributed by atoms with E-state index < -0.39 is 0 Å². The van der Waals surface area contributed by atoms with Crippen LogP contribution in [0.25, 0.3) is 0 Å². The predicted octanol–water partition coefficient (Wildman–Crippen LogP) is 1.37. The van der Waals surface area contributed by atoms with Gasteiger partial charge in [0.25, 0.3) is 0 Å². The van der Waals surface area contributed by atoms with Crippen molar-refractivity contribution in [2.45, 2.75) is 32.2 Å². The van der Waals surface area contributed by atoms with Gasteiger partial charge in [-0.15, -0.1) is 0 Å². The number of nitrogens with one attached hydrogen (secondary N) is 2. The summed E-state index contributed by atoms with van der Waals surface area (Å²) in [7, 11) is 1.69. The lowest BCUT2D eigenvalue weighted by molar-refractivity contribution is 0.297. The summed E-state index contributed by atoms with van der Waals surface area (Å²) in [5.74, 6) is 1.98. The molecule has 0 aromatic heterocycles. The summed E-state index contributed by atoms with van der Waals surface area (Å²) in [6, 6.07) is 0.357. The van der Waals surface area contributed by atoms with Crippen molar-refractivity contribution in [3.05, 3.63) is 24.0 Å². The van der Waals surface area contributed by atoms with E-state index in [1.165, 1.54) is 12.8 Å². The number of nitrogens with two attached hydrogens (primary N) is 1. The Labute approximate surface area is 132 Å². The molecule has 0 spiro atoms. The molecule has 6 heteroatoms. The average Bonchev–Trinajstić information content (AvgIpc) is 2.94. The maximum Gasteiger partial charge on any atom is 0.209 e. The molecular weight excluding hydrogens is 278 g/mol. The summed E-state index contributed by atoms with van der Waals surface area (Å²) in [5.41, 5.74) is 8.59. The van der Waals surface area contributed by atoms with Gasteiger partial charge in [-0.1, -0.05) is 25.8 Å². The van der Waals surface area contributed by atoms with Gasteiger partial charge in [-0.25, -0.2) is 5.43 Å². The fourth-order valence-corrected chi connectivity index (χ4v) is 2.76. The number of hydrazone groups is 1. The van der Waals surface area contributed by atoms with Crippen LogP contribution in [-0.4, -0.2) is 38.4 Å². The Morgan fingerprint density at radius 3 is 3.18 bits per heavy atom. The predicted molar refractivity (Wildman–Crippen MR) is 90.6 cm³/mol. The average molecular weight is 305 g/mol. The highest BCUT2D eigenvalue weighted by Gasteiger charge is 2.34. The zero-order valence-corrected chi connectivity index (χ0v) is 13.5. The largest absolute Gasteiger partial charge is 0.497 e. The first-order chi connectivity index (χ1) is 10.7. The van der Waals surface area contributed by atoms with Crippen molar-refractivity contribution < 1.29 is 4.74 Å². The number of aliphatic imine (C=N–C) groups is 1. The Balaban J connectivity index is 1.81. The number of ether oxygens (including phenoxy) is 1. The fraction of sp³-hybridized carbons (Fsp3) is 0.625. The Morgan fingerprint density at radius 2 is 2.41 bits per heavy atom. The molecule has 1 aliphatic carbocycles. The molecule has 0 saturated carbocycles. The van der Waals surface area contributed by atoms with Crippen molar-refractivity contribution in [3.63, 3.8) is 0 Å². The van der Waals surface area contributed by atoms with E-state index in [1.54, 1.807) is 7.11 Å². The number of nitrogens with zero attached hydrogens (tertiary/aromatic N) is 2. The zero-order valence-electron chi connectivity index (χ0n) is 13.5. The van der Waals surface area contributed by atoms with Crippen LogP contribution in [0.1, 0.15) is 26.2 Å². The Kier molecular flexibility index (Phi) is 6.45. The quantitative estimate of drug-likeness (QED) is 0.287. The molecule has 0 amide bonds. The number of rotatable bonds is 7. The second-order valence-corrected chi connectivity index (χ2v) is 5.67. The molecule has 2 rings (SSSR count). The summed E-state index contributed by atoms with van der Waals surface area (Å²) in [4.78, 5) is 4.24. The molecule has 1 heterocycles. The van der Waals surface area contributed by atoms with Gasteiger partial charge < -0.3 is 15.8 Å². The molecule has 0 radical (unpaired) electrons. The van der Waals surface area contributed by atoms with Gasteiger partial charge in [0.15, 0.2) is 0 Å². The molecule has 22 heavy (non-hydrogen) atoms. The minimum atomic E-state index is 0.320. The molecule has 2 aliphatic rings. The van der Waals surface area contributed by atoms with E-state index in [1.807, 2.05) is 12.3 Å². The van der Waals surface area contributed by atoms with Crippen LogP contribution in [0.5, 0.6) is 0 Å². The third-order valence-corrected chi connectivity index (χ3v) is 4.05. The molecule has 0 aromatic rings. The fourth-order valence-electron chi connectivity index (χ4n) is 2.76. The van der Waals surface area contributed by atoms with E-state index >= 15 is 0 Å². The number of hydrogen-bond acceptors (Lipinski definition) is 4. The van der Waals surface area contributed by atoms with Crippen LogP contribution in [0, 0.1) is 11.8 Å². The lowest BCUT2D eigenvalue weighted by Crippen LogP contribution is -2.29. The summed E-state index contributed by atoms with van der Waals surface area (Å²) < 4.78 is 5.30. The Bertz CT molecular complexity index is 469. The molecular formula is C16H27N5O. The highest BCUT2D eigenvalue weighted by Crippen LogP contribution is 2.28. The third-order valence-electron chi connectivity index (χ3n) is 4.05. The lowest BCUT2D eigenvalue weighted by Gasteiger charge is -2.20. The van der Waals surface area contributed by atoms with E-state index in [0.29, 0.717) is 23.8 Å². The van der Waals surface area contributed by atoms with Gasteiger partial charge in [0.1, 0.15) is 5.76 Å². The van der Waals surface area contributed by atoms with Crippen molar-refractivity contribution in [3.8, 4) is 0 Å². The molecule has 1 aliphatic heterocycles. The first-order valence-corrected chi connectivity index (χ1v) is 8.01. The van der Waals surface area contributed by atoms with Crippen molar-refractivity contribution >= 4 is 12.2 Å². The van der Waals surface area contributed by atoms with Gasteiger partial charge in [0, 0.05) is 37.2 Å². The number of hydrogen-bond donors (Lipinski definition) is 3. The number of unbranched alkanes of at least 4 members (excludes halogenated alkanes) is 2. The Morgan fingerprint density at radius 1 is 1.55 bits per heavy atom. The minimum absolute atomic E-state index is 0.320. The number of guanidine groups is 1. The van der Waals surface area contributed by atoms with Gasteiger partial charge in [0.2, 0.25) is 5.96 Å². The van der Waals surface area contributed by atoms with Gasteiger partial charge in [-0.3, -0.25) is 4.99 Å². The first-order valence-electron chi connectivity index (χ1n) is 8.01. The molecule has 122 valence electrons. The van der Waals surface area contributed by atoms with E-state index in [0.717, 1.165) is 25.3 Å². The maximum absolute atomic E-state index is 5.78. The van der Waals surface area contributed by atoms with Crippen molar-refractivity contribution in [2.24, 2.45) is 27.7 Å². The second-order valence-electron chi connectivity index (χ2n) is 5.67. The SMILES string of the molecule is CCCCCN=C(N)N/N=C/C1CNC2C=CC(OC)=CC12. The van der Waals surface area contributed by atoms with E-state index in [9.17, 15) is 0 Å². The van der Waals surface area contributed by atoms with Crippen LogP contribution in [0.3, 0.4) is 0 Å². The van der Waals surface area contributed by atoms with Crippen LogP contribution < -0.4 is 16.5 Å². The molecule has 1 fully saturated rings. The molecule has 3 atom stereocenters. The molecule has 1 saturated heterocycles. The van der Waals surface area contributed by atoms with Crippen LogP contribution in [0.15, 0.2) is 34.1 Å². The van der Waals surface area contributed by atoms with Crippen LogP contribution >= 0.6 is 0 Å². The summed E-state index contributed by atoms with van der Waals surface area (Å²) in [5, 5.41) is 7.70. The number of methoxy groups -OCH3 is 1. The van der Waals surface area contributed by atoms with Gasteiger partial charge in [-0.05, 0) is 18.6 Å². The van der Waals surface area contributed by atoms with E-state index in [4.69, 9.17) is 10.5 Å². The number of fused-ring (bicyclic) bond motifs is 1. The van der Waals surface area contributed by atoms with Gasteiger partial charge in [0.05, 0.1) is 7.11 Å². The maximum atomic E-state index is 5.78. The van der Waals surface area contributed by atoms with Crippen LogP contribution in [-0.2, 0) is 4.74 Å². The van der Waals surface area contributed by atoms with Crippen molar-refractivity contribution in [1.82, 2.24) is 10.7 Å². The van der Waals surface area contributed by atoms with Gasteiger partial charge >= 0.3 is 0 Å². The van der Waals surface area contributed by atoms with E-state index in [2.05, 4.69) is 39.9 Å². The van der Waals surface area contributed by atoms with Crippen LogP contribution in [0.2, 0.25) is 0 Å². The normalized spacial score (nSPS) is 27.8. The number of allylic oxidation sites excluding steroid dienone is 1. The third kappa shape index (κ3) is 4.59. The minimum Gasteiger partial charge on any atom is -0.497 e. The monoisotopic (exact) mass is 305 g/mol. The smallest absolute Gasteiger partial charge is 0.209 e. The molecule has 0 aromatic carbocycles. The summed E-state index contributed by atoms with van der Waals surface area (Å²) in [6.07, 6.45) is 11.7. The highest BCUT2D eigenvalue weighted by molar-refractivity contribution is 5.78. The standard InChI is InChI=1S/C16H27N5O/c1-3-4-5-8-18-16(17)21-20-11-12-10-19-15-7-6-13(22-2)9-14(12)15/h6-7,9,11-12,14-15,19H,3-5,8,10H2,1-2H3,(H3,17,18,21)/b20-11+. The Hall–Kier alpha value is -1.82. The highest BCUT2D eigenvalue weighted by atomic mass is 16.5. The van der Waals surface area contributed by atoms with Crippen molar-refractivity contribution in [2.75, 3.05) is 20.2 Å².